The van der Waals surface area contributed by atoms with Gasteiger partial charge in [-0.3, -0.25) is 0 Å². The van der Waals surface area contributed by atoms with Crippen LogP contribution in [0.2, 0.25) is 0 Å². The Labute approximate surface area is 156 Å². The van der Waals surface area contributed by atoms with Gasteiger partial charge in [0.25, 0.3) is 0 Å². The number of halogens is 2. The van der Waals surface area contributed by atoms with E-state index in [9.17, 15) is 4.39 Å². The summed E-state index contributed by atoms with van der Waals surface area (Å²) in [6.07, 6.45) is 1.68. The summed E-state index contributed by atoms with van der Waals surface area (Å²) in [7, 11) is 1.89. The van der Waals surface area contributed by atoms with Gasteiger partial charge in [0.2, 0.25) is 17.6 Å². The van der Waals surface area contributed by atoms with Crippen LogP contribution in [0.3, 0.4) is 0 Å². The van der Waals surface area contributed by atoms with Crippen molar-refractivity contribution in [1.82, 2.24) is 25.6 Å². The average molecular weight is 382 g/mol. The van der Waals surface area contributed by atoms with Gasteiger partial charge in [-0.25, -0.2) is 4.39 Å². The van der Waals surface area contributed by atoms with Crippen molar-refractivity contribution in [2.45, 2.75) is 39.2 Å². The fourth-order valence-corrected chi connectivity index (χ4v) is 2.27. The van der Waals surface area contributed by atoms with Gasteiger partial charge >= 0.3 is 0 Å². The van der Waals surface area contributed by atoms with Crippen LogP contribution < -0.4 is 5.32 Å². The van der Waals surface area contributed by atoms with Gasteiger partial charge in [0.15, 0.2) is 5.82 Å². The van der Waals surface area contributed by atoms with Crippen LogP contribution in [0.4, 0.5) is 4.39 Å². The molecule has 0 aliphatic heterocycles. The van der Waals surface area contributed by atoms with Gasteiger partial charge in [0, 0.05) is 30.9 Å². The van der Waals surface area contributed by atoms with E-state index in [0.717, 1.165) is 0 Å². The molecule has 0 bridgehead atoms. The van der Waals surface area contributed by atoms with Crippen LogP contribution in [-0.2, 0) is 19.3 Å². The number of nitrogens with zero attached hydrogens (tertiary/aromatic N) is 4. The maximum absolute atomic E-state index is 13.6. The third-order valence-electron chi connectivity index (χ3n) is 3.94. The van der Waals surface area contributed by atoms with Gasteiger partial charge < -0.3 is 14.4 Å². The van der Waals surface area contributed by atoms with Gasteiger partial charge in [-0.05, 0) is 32.5 Å². The summed E-state index contributed by atoms with van der Waals surface area (Å²) in [5.41, 5.74) is 1.16. The highest BCUT2D eigenvalue weighted by Gasteiger charge is 2.13. The lowest BCUT2D eigenvalue weighted by atomic mass is 10.1. The van der Waals surface area contributed by atoms with Gasteiger partial charge in [0.1, 0.15) is 5.82 Å². The van der Waals surface area contributed by atoms with Crippen LogP contribution in [-0.4, -0.2) is 33.4 Å². The van der Waals surface area contributed by atoms with E-state index in [1.807, 2.05) is 14.0 Å². The predicted molar refractivity (Wildman–Crippen MR) is 95.6 cm³/mol. The van der Waals surface area contributed by atoms with Crippen molar-refractivity contribution >= 4 is 12.4 Å². The summed E-state index contributed by atoms with van der Waals surface area (Å²) < 4.78 is 24.1. The summed E-state index contributed by atoms with van der Waals surface area (Å²) in [5, 5.41) is 11.0. The van der Waals surface area contributed by atoms with E-state index in [1.165, 1.54) is 6.07 Å². The number of likely N-dealkylation sites (N-methyl/N-ethyl adjacent to an activating group) is 1. The molecule has 0 radical (unpaired) electrons. The van der Waals surface area contributed by atoms with E-state index in [1.54, 1.807) is 19.1 Å². The Hall–Kier alpha value is -2.32. The van der Waals surface area contributed by atoms with E-state index in [-0.39, 0.29) is 24.3 Å². The number of rotatable bonds is 7. The first kappa shape index (κ1) is 20.0. The Bertz CT molecular complexity index is 851. The van der Waals surface area contributed by atoms with Gasteiger partial charge in [-0.2, -0.15) is 9.97 Å². The topological polar surface area (TPSA) is 89.9 Å². The van der Waals surface area contributed by atoms with E-state index >= 15 is 0 Å². The molecule has 9 heteroatoms. The van der Waals surface area contributed by atoms with Crippen LogP contribution in [0.15, 0.2) is 27.2 Å². The Kier molecular flexibility index (Phi) is 6.82. The molecule has 3 rings (SSSR count). The summed E-state index contributed by atoms with van der Waals surface area (Å²) in [6, 6.07) is 5.13. The van der Waals surface area contributed by atoms with Crippen LogP contribution in [0.1, 0.15) is 30.1 Å². The highest BCUT2D eigenvalue weighted by Crippen LogP contribution is 2.19. The number of hydrogen-bond donors (Lipinski definition) is 1. The lowest BCUT2D eigenvalue weighted by Crippen LogP contribution is -2.24. The fourth-order valence-electron chi connectivity index (χ4n) is 2.27. The molecule has 2 heterocycles. The average Bonchev–Trinajstić information content (AvgIpc) is 3.24. The first-order valence-electron chi connectivity index (χ1n) is 8.13. The predicted octanol–water partition coefficient (Wildman–Crippen LogP) is 2.92. The van der Waals surface area contributed by atoms with Gasteiger partial charge in [-0.15, -0.1) is 12.4 Å². The molecular formula is C17H21ClFN5O2. The summed E-state index contributed by atoms with van der Waals surface area (Å²) in [5.74, 6) is 1.71. The molecule has 1 N–H and O–H groups in total. The van der Waals surface area contributed by atoms with Crippen molar-refractivity contribution in [2.24, 2.45) is 0 Å². The minimum Gasteiger partial charge on any atom is -0.339 e. The van der Waals surface area contributed by atoms with Crippen LogP contribution in [0, 0.1) is 12.7 Å². The van der Waals surface area contributed by atoms with Crippen molar-refractivity contribution in [2.75, 3.05) is 7.05 Å². The largest absolute Gasteiger partial charge is 0.339 e. The molecule has 0 aliphatic rings. The quantitative estimate of drug-likeness (QED) is 0.672. The molecule has 3 aromatic rings. The Morgan fingerprint density at radius 2 is 1.81 bits per heavy atom. The molecule has 1 aromatic carbocycles. The number of hydrogen-bond acceptors (Lipinski definition) is 7. The third kappa shape index (κ3) is 4.86. The Balaban J connectivity index is 0.00000243. The molecule has 1 atom stereocenters. The Morgan fingerprint density at radius 1 is 1.12 bits per heavy atom. The molecule has 0 amide bonds. The zero-order valence-electron chi connectivity index (χ0n) is 14.8. The van der Waals surface area contributed by atoms with Crippen molar-refractivity contribution in [3.63, 3.8) is 0 Å². The molecule has 0 saturated heterocycles. The molecule has 0 fully saturated rings. The maximum atomic E-state index is 13.6. The second kappa shape index (κ2) is 8.86. The molecule has 0 spiro atoms. The highest BCUT2D eigenvalue weighted by molar-refractivity contribution is 5.85. The minimum atomic E-state index is -0.293. The molecular weight excluding hydrogens is 361 g/mol. The summed E-state index contributed by atoms with van der Waals surface area (Å²) in [4.78, 5) is 8.63. The standard InChI is InChI=1S/C17H20FN5O2.ClH/c1-10-4-5-12(9-13(10)18)17-21-16(25-23-17)7-6-15-20-14(22-24-15)8-11(2)19-3;/h4-5,9,11,19H,6-8H2,1-3H3;1H. The van der Waals surface area contributed by atoms with E-state index in [0.29, 0.717) is 53.8 Å². The highest BCUT2D eigenvalue weighted by atomic mass is 35.5. The SMILES string of the molecule is CNC(C)Cc1noc(CCc2nc(-c3ccc(C)c(F)c3)no2)n1.Cl. The lowest BCUT2D eigenvalue weighted by molar-refractivity contribution is 0.351. The fraction of sp³-hybridized carbons (Fsp3) is 0.412. The van der Waals surface area contributed by atoms with E-state index in [2.05, 4.69) is 25.6 Å². The molecule has 0 saturated carbocycles. The van der Waals surface area contributed by atoms with Crippen molar-refractivity contribution in [1.29, 1.82) is 0 Å². The molecule has 140 valence electrons. The second-order valence-corrected chi connectivity index (χ2v) is 5.97. The van der Waals surface area contributed by atoms with E-state index < -0.39 is 0 Å². The van der Waals surface area contributed by atoms with Gasteiger partial charge in [0.05, 0.1) is 0 Å². The van der Waals surface area contributed by atoms with Crippen LogP contribution in [0.5, 0.6) is 0 Å². The zero-order valence-corrected chi connectivity index (χ0v) is 15.6. The Morgan fingerprint density at radius 3 is 2.50 bits per heavy atom. The van der Waals surface area contributed by atoms with Crippen molar-refractivity contribution in [3.05, 3.63) is 47.2 Å². The summed E-state index contributed by atoms with van der Waals surface area (Å²) in [6.45, 7) is 3.75. The first-order valence-corrected chi connectivity index (χ1v) is 8.13. The number of aromatic nitrogens is 4. The smallest absolute Gasteiger partial charge is 0.227 e. The first-order chi connectivity index (χ1) is 12.0. The van der Waals surface area contributed by atoms with Crippen LogP contribution >= 0.6 is 12.4 Å². The second-order valence-electron chi connectivity index (χ2n) is 5.97. The zero-order chi connectivity index (χ0) is 17.8. The molecule has 2 aromatic heterocycles. The maximum Gasteiger partial charge on any atom is 0.227 e. The van der Waals surface area contributed by atoms with Crippen molar-refractivity contribution in [3.8, 4) is 11.4 Å². The number of benzene rings is 1. The van der Waals surface area contributed by atoms with E-state index in [4.69, 9.17) is 9.05 Å². The minimum absolute atomic E-state index is 0. The normalized spacial score (nSPS) is 12.0. The lowest BCUT2D eigenvalue weighted by Gasteiger charge is -2.04. The monoisotopic (exact) mass is 381 g/mol. The molecule has 1 unspecified atom stereocenters. The molecule has 0 aliphatic carbocycles. The van der Waals surface area contributed by atoms with Crippen LogP contribution in [0.25, 0.3) is 11.4 Å². The molecule has 7 nitrogen and oxygen atoms in total. The number of nitrogens with one attached hydrogen (secondary N) is 1. The van der Waals surface area contributed by atoms with Crippen molar-refractivity contribution < 1.29 is 13.4 Å². The number of aryl methyl sites for hydroxylation is 3. The third-order valence-corrected chi connectivity index (χ3v) is 3.94. The molecule has 26 heavy (non-hydrogen) atoms. The summed E-state index contributed by atoms with van der Waals surface area (Å²) >= 11 is 0. The van der Waals surface area contributed by atoms with Gasteiger partial charge in [-0.1, -0.05) is 22.4 Å².